The quantitative estimate of drug-likeness (QED) is 0.535. The van der Waals surface area contributed by atoms with E-state index in [2.05, 4.69) is 37.8 Å². The molecule has 0 aromatic rings. The molecular weight excluding hydrogens is 224 g/mol. The Labute approximate surface area is 113 Å². The molecule has 0 aromatic heterocycles. The van der Waals surface area contributed by atoms with Gasteiger partial charge in [-0.2, -0.15) is 0 Å². The molecule has 18 heavy (non-hydrogen) atoms. The average molecular weight is 254 g/mol. The molecule has 0 bridgehead atoms. The zero-order valence-corrected chi connectivity index (χ0v) is 12.8. The van der Waals surface area contributed by atoms with Crippen LogP contribution in [0.15, 0.2) is 5.16 Å². The lowest BCUT2D eigenvalue weighted by Gasteiger charge is -2.36. The van der Waals surface area contributed by atoms with Crippen LogP contribution < -0.4 is 0 Å². The van der Waals surface area contributed by atoms with Gasteiger partial charge in [0.15, 0.2) is 0 Å². The fourth-order valence-corrected chi connectivity index (χ4v) is 2.99. The third kappa shape index (κ3) is 4.27. The normalized spacial score (nSPS) is 21.3. The first kappa shape index (κ1) is 15.5. The van der Waals surface area contributed by atoms with E-state index in [1.54, 1.807) is 7.11 Å². The number of piperidine rings is 1. The van der Waals surface area contributed by atoms with E-state index in [4.69, 9.17) is 4.84 Å². The summed E-state index contributed by atoms with van der Waals surface area (Å²) in [7, 11) is 1.65. The van der Waals surface area contributed by atoms with E-state index < -0.39 is 0 Å². The molecule has 0 N–H and O–H groups in total. The van der Waals surface area contributed by atoms with Crippen LogP contribution in [0.25, 0.3) is 0 Å². The highest BCUT2D eigenvalue weighted by atomic mass is 16.6. The zero-order valence-electron chi connectivity index (χ0n) is 12.8. The highest BCUT2D eigenvalue weighted by molar-refractivity contribution is 5.88. The van der Waals surface area contributed by atoms with Gasteiger partial charge < -0.3 is 9.74 Å². The van der Waals surface area contributed by atoms with Crippen LogP contribution in [0.4, 0.5) is 0 Å². The van der Waals surface area contributed by atoms with Crippen molar-refractivity contribution in [1.29, 1.82) is 0 Å². The Bertz CT molecular complexity index is 255. The molecule has 0 saturated carbocycles. The van der Waals surface area contributed by atoms with Crippen molar-refractivity contribution in [3.05, 3.63) is 0 Å². The van der Waals surface area contributed by atoms with Crippen LogP contribution in [0.3, 0.4) is 0 Å². The Morgan fingerprint density at radius 1 is 1.28 bits per heavy atom. The Hall–Kier alpha value is -0.570. The Morgan fingerprint density at radius 2 is 1.89 bits per heavy atom. The van der Waals surface area contributed by atoms with Gasteiger partial charge in [0.2, 0.25) is 0 Å². The largest absolute Gasteiger partial charge is 0.399 e. The van der Waals surface area contributed by atoms with E-state index >= 15 is 0 Å². The summed E-state index contributed by atoms with van der Waals surface area (Å²) in [5, 5.41) is 4.25. The maximum Gasteiger partial charge on any atom is 0.106 e. The first-order valence-electron chi connectivity index (χ1n) is 7.45. The minimum Gasteiger partial charge on any atom is -0.399 e. The minimum atomic E-state index is 0.495. The summed E-state index contributed by atoms with van der Waals surface area (Å²) in [4.78, 5) is 7.64. The maximum atomic E-state index is 5.01. The molecule has 0 spiro atoms. The predicted molar refractivity (Wildman–Crippen MR) is 77.9 cm³/mol. The molecule has 106 valence electrons. The van der Waals surface area contributed by atoms with E-state index in [-0.39, 0.29) is 0 Å². The average Bonchev–Trinajstić information content (AvgIpc) is 2.36. The van der Waals surface area contributed by atoms with Crippen LogP contribution in [0.2, 0.25) is 0 Å². The summed E-state index contributed by atoms with van der Waals surface area (Å²) < 4.78 is 0. The molecule has 1 aliphatic heterocycles. The lowest BCUT2D eigenvalue weighted by atomic mass is 9.86. The van der Waals surface area contributed by atoms with Crippen molar-refractivity contribution in [2.75, 3.05) is 20.2 Å². The highest BCUT2D eigenvalue weighted by Gasteiger charge is 2.27. The monoisotopic (exact) mass is 254 g/mol. The number of likely N-dealkylation sites (tertiary alicyclic amines) is 1. The number of oxime groups is 1. The van der Waals surface area contributed by atoms with Gasteiger partial charge in [0, 0.05) is 12.0 Å². The molecular formula is C15H30N2O. The number of nitrogens with zero attached hydrogens (tertiary/aromatic N) is 2. The number of rotatable bonds is 6. The van der Waals surface area contributed by atoms with Gasteiger partial charge in [-0.15, -0.1) is 0 Å². The third-order valence-corrected chi connectivity index (χ3v) is 4.07. The second-order valence-electron chi connectivity index (χ2n) is 5.80. The summed E-state index contributed by atoms with van der Waals surface area (Å²) in [5.41, 5.74) is 1.25. The van der Waals surface area contributed by atoms with Crippen molar-refractivity contribution in [2.45, 2.75) is 59.4 Å². The smallest absolute Gasteiger partial charge is 0.106 e. The topological polar surface area (TPSA) is 24.8 Å². The van der Waals surface area contributed by atoms with E-state index in [1.807, 2.05) is 0 Å². The predicted octanol–water partition coefficient (Wildman–Crippen LogP) is 3.55. The number of hydrogen-bond acceptors (Lipinski definition) is 3. The highest BCUT2D eigenvalue weighted by Crippen LogP contribution is 2.24. The molecule has 3 nitrogen and oxygen atoms in total. The van der Waals surface area contributed by atoms with Crippen molar-refractivity contribution in [2.24, 2.45) is 17.0 Å². The van der Waals surface area contributed by atoms with Crippen LogP contribution >= 0.6 is 0 Å². The van der Waals surface area contributed by atoms with Gasteiger partial charge in [-0.1, -0.05) is 32.3 Å². The SMILES string of the molecule is CCCC(C)N1CCC(/C(=N/OC)C(C)C)CC1. The van der Waals surface area contributed by atoms with Gasteiger partial charge in [-0.25, -0.2) is 0 Å². The van der Waals surface area contributed by atoms with Gasteiger partial charge in [-0.05, 0) is 45.2 Å². The van der Waals surface area contributed by atoms with Gasteiger partial charge in [-0.3, -0.25) is 0 Å². The van der Waals surface area contributed by atoms with E-state index in [9.17, 15) is 0 Å². The fraction of sp³-hybridized carbons (Fsp3) is 0.933. The first-order chi connectivity index (χ1) is 8.60. The third-order valence-electron chi connectivity index (χ3n) is 4.07. The second kappa shape index (κ2) is 7.78. The molecule has 3 heteroatoms. The van der Waals surface area contributed by atoms with Gasteiger partial charge in [0.25, 0.3) is 0 Å². The zero-order chi connectivity index (χ0) is 13.5. The van der Waals surface area contributed by atoms with E-state index in [0.717, 1.165) is 6.04 Å². The lowest BCUT2D eigenvalue weighted by molar-refractivity contribution is 0.147. The van der Waals surface area contributed by atoms with Crippen molar-refractivity contribution in [1.82, 2.24) is 4.90 Å². The van der Waals surface area contributed by atoms with Crippen molar-refractivity contribution in [3.8, 4) is 0 Å². The molecule has 0 aliphatic carbocycles. The van der Waals surface area contributed by atoms with Gasteiger partial charge >= 0.3 is 0 Å². The standard InChI is InChI=1S/C15H30N2O/c1-6-7-13(4)17-10-8-14(9-11-17)15(12(2)3)16-18-5/h12-14H,6-11H2,1-5H3/b16-15+. The first-order valence-corrected chi connectivity index (χ1v) is 7.45. The summed E-state index contributed by atoms with van der Waals surface area (Å²) in [6.45, 7) is 11.5. The Kier molecular flexibility index (Phi) is 6.69. The summed E-state index contributed by atoms with van der Waals surface area (Å²) in [6, 6.07) is 0.734. The van der Waals surface area contributed by atoms with Crippen molar-refractivity contribution >= 4 is 5.71 Å². The molecule has 0 radical (unpaired) electrons. The van der Waals surface area contributed by atoms with E-state index in [0.29, 0.717) is 11.8 Å². The summed E-state index contributed by atoms with van der Waals surface area (Å²) in [5.74, 6) is 1.12. The molecule has 1 fully saturated rings. The maximum absolute atomic E-state index is 5.01. The molecule has 0 amide bonds. The molecule has 1 aliphatic rings. The summed E-state index contributed by atoms with van der Waals surface area (Å²) in [6.07, 6.45) is 5.06. The lowest BCUT2D eigenvalue weighted by Crippen LogP contribution is -2.42. The van der Waals surface area contributed by atoms with Gasteiger partial charge in [0.1, 0.15) is 7.11 Å². The second-order valence-corrected chi connectivity index (χ2v) is 5.80. The van der Waals surface area contributed by atoms with Crippen molar-refractivity contribution in [3.63, 3.8) is 0 Å². The Morgan fingerprint density at radius 3 is 2.33 bits per heavy atom. The van der Waals surface area contributed by atoms with Crippen LogP contribution in [0.5, 0.6) is 0 Å². The van der Waals surface area contributed by atoms with Crippen LogP contribution in [0.1, 0.15) is 53.4 Å². The van der Waals surface area contributed by atoms with Gasteiger partial charge in [0.05, 0.1) is 5.71 Å². The summed E-state index contributed by atoms with van der Waals surface area (Å²) >= 11 is 0. The van der Waals surface area contributed by atoms with E-state index in [1.165, 1.54) is 44.5 Å². The van der Waals surface area contributed by atoms with Crippen LogP contribution in [-0.4, -0.2) is 36.9 Å². The molecule has 0 aromatic carbocycles. The molecule has 1 atom stereocenters. The van der Waals surface area contributed by atoms with Crippen molar-refractivity contribution < 1.29 is 4.84 Å². The minimum absolute atomic E-state index is 0.495. The number of hydrogen-bond donors (Lipinski definition) is 0. The Balaban J connectivity index is 2.49. The molecule has 1 saturated heterocycles. The van der Waals surface area contributed by atoms with Crippen LogP contribution in [-0.2, 0) is 4.84 Å². The molecule has 1 heterocycles. The fourth-order valence-electron chi connectivity index (χ4n) is 2.99. The molecule has 1 rings (SSSR count). The van der Waals surface area contributed by atoms with Crippen LogP contribution in [0, 0.1) is 11.8 Å². The molecule has 1 unspecified atom stereocenters.